The highest BCUT2D eigenvalue weighted by Gasteiger charge is 2.20. The Kier molecular flexibility index (Phi) is 4.17. The van der Waals surface area contributed by atoms with Crippen molar-refractivity contribution in [2.75, 3.05) is 31.1 Å². The fourth-order valence-electron chi connectivity index (χ4n) is 3.68. The number of pyridine rings is 1. The van der Waals surface area contributed by atoms with Gasteiger partial charge < -0.3 is 9.47 Å². The molecule has 4 rings (SSSR count). The normalized spacial score (nSPS) is 15.9. The first-order valence-electron chi connectivity index (χ1n) is 8.74. The summed E-state index contributed by atoms with van der Waals surface area (Å²) in [6, 6.07) is 11.2. The van der Waals surface area contributed by atoms with Crippen molar-refractivity contribution in [1.82, 2.24) is 14.5 Å². The van der Waals surface area contributed by atoms with Crippen LogP contribution < -0.4 is 4.90 Å². The van der Waals surface area contributed by atoms with Crippen LogP contribution in [0.2, 0.25) is 0 Å². The molecule has 4 nitrogen and oxygen atoms in total. The van der Waals surface area contributed by atoms with Crippen molar-refractivity contribution in [2.24, 2.45) is 7.05 Å². The highest BCUT2D eigenvalue weighted by molar-refractivity contribution is 5.81. The molecule has 0 radical (unpaired) electrons. The van der Waals surface area contributed by atoms with Crippen LogP contribution in [0.25, 0.3) is 10.9 Å². The number of aromatic nitrogens is 2. The van der Waals surface area contributed by atoms with E-state index in [1.165, 1.54) is 17.3 Å². The van der Waals surface area contributed by atoms with E-state index in [1.807, 2.05) is 18.3 Å². The molecular formula is C20H23FN4. The maximum absolute atomic E-state index is 13.4. The molecule has 5 heteroatoms. The van der Waals surface area contributed by atoms with Gasteiger partial charge >= 0.3 is 0 Å². The van der Waals surface area contributed by atoms with Crippen molar-refractivity contribution < 1.29 is 4.39 Å². The molecule has 0 saturated carbocycles. The summed E-state index contributed by atoms with van der Waals surface area (Å²) in [5.41, 5.74) is 3.54. The Morgan fingerprint density at radius 1 is 1.08 bits per heavy atom. The number of aryl methyl sites for hydroxylation is 2. The van der Waals surface area contributed by atoms with Gasteiger partial charge in [0.05, 0.1) is 0 Å². The van der Waals surface area contributed by atoms with Crippen LogP contribution in [-0.4, -0.2) is 40.6 Å². The van der Waals surface area contributed by atoms with Gasteiger partial charge in [0.15, 0.2) is 0 Å². The van der Waals surface area contributed by atoms with Crippen LogP contribution in [-0.2, 0) is 13.6 Å². The predicted molar refractivity (Wildman–Crippen MR) is 99.3 cm³/mol. The molecule has 0 amide bonds. The largest absolute Gasteiger partial charge is 0.354 e. The summed E-state index contributed by atoms with van der Waals surface area (Å²) in [7, 11) is 2.06. The van der Waals surface area contributed by atoms with Crippen LogP contribution in [0.1, 0.15) is 11.3 Å². The molecule has 2 aromatic heterocycles. The number of piperazine rings is 1. The van der Waals surface area contributed by atoms with E-state index in [1.54, 1.807) is 6.07 Å². The summed E-state index contributed by atoms with van der Waals surface area (Å²) >= 11 is 0. The van der Waals surface area contributed by atoms with Crippen LogP contribution in [0.4, 0.5) is 10.2 Å². The van der Waals surface area contributed by atoms with Crippen molar-refractivity contribution >= 4 is 16.7 Å². The first-order chi connectivity index (χ1) is 12.1. The van der Waals surface area contributed by atoms with E-state index in [0.29, 0.717) is 0 Å². The lowest BCUT2D eigenvalue weighted by Gasteiger charge is -2.36. The smallest absolute Gasteiger partial charge is 0.131 e. The minimum atomic E-state index is -0.177. The molecule has 0 unspecified atom stereocenters. The molecule has 1 aliphatic rings. The fraction of sp³-hybridized carbons (Fsp3) is 0.350. The van der Waals surface area contributed by atoms with Gasteiger partial charge in [0.25, 0.3) is 0 Å². The van der Waals surface area contributed by atoms with Crippen molar-refractivity contribution in [3.63, 3.8) is 0 Å². The first-order valence-corrected chi connectivity index (χ1v) is 8.74. The minimum Gasteiger partial charge on any atom is -0.354 e. The second kappa shape index (κ2) is 6.48. The van der Waals surface area contributed by atoms with Crippen molar-refractivity contribution in [3.8, 4) is 0 Å². The summed E-state index contributed by atoms with van der Waals surface area (Å²) < 4.78 is 15.6. The second-order valence-corrected chi connectivity index (χ2v) is 6.80. The highest BCUT2D eigenvalue weighted by atomic mass is 19.1. The Hall–Kier alpha value is -2.40. The Balaban J connectivity index is 1.45. The molecule has 1 fully saturated rings. The third kappa shape index (κ3) is 3.12. The molecule has 0 aliphatic carbocycles. The third-order valence-electron chi connectivity index (χ3n) is 5.14. The Labute approximate surface area is 147 Å². The molecule has 0 bridgehead atoms. The van der Waals surface area contributed by atoms with E-state index in [9.17, 15) is 4.39 Å². The standard InChI is InChI=1S/C20H23FN4/c1-15-4-3-7-22-20(15)25-10-8-24(9-11-25)14-18-13-16-12-17(21)5-6-19(16)23(18)2/h3-7,12-13H,8-11,14H2,1-2H3. The number of fused-ring (bicyclic) bond motifs is 1. The quantitative estimate of drug-likeness (QED) is 0.732. The molecule has 1 aromatic carbocycles. The van der Waals surface area contributed by atoms with Gasteiger partial charge in [-0.2, -0.15) is 0 Å². The Morgan fingerprint density at radius 3 is 2.64 bits per heavy atom. The number of halogens is 1. The maximum atomic E-state index is 13.4. The number of nitrogens with zero attached hydrogens (tertiary/aromatic N) is 4. The summed E-state index contributed by atoms with van der Waals surface area (Å²) in [5, 5.41) is 0.972. The zero-order valence-corrected chi connectivity index (χ0v) is 14.7. The minimum absolute atomic E-state index is 0.177. The molecule has 130 valence electrons. The number of hydrogen-bond donors (Lipinski definition) is 0. The van der Waals surface area contributed by atoms with Crippen LogP contribution >= 0.6 is 0 Å². The second-order valence-electron chi connectivity index (χ2n) is 6.80. The van der Waals surface area contributed by atoms with Crippen LogP contribution in [0.5, 0.6) is 0 Å². The predicted octanol–water partition coefficient (Wildman–Crippen LogP) is 3.34. The number of anilines is 1. The van der Waals surface area contributed by atoms with Gasteiger partial charge in [0.1, 0.15) is 11.6 Å². The van der Waals surface area contributed by atoms with Crippen LogP contribution in [0.15, 0.2) is 42.6 Å². The lowest BCUT2D eigenvalue weighted by Crippen LogP contribution is -2.46. The number of benzene rings is 1. The average Bonchev–Trinajstić information content (AvgIpc) is 2.91. The fourth-order valence-corrected chi connectivity index (χ4v) is 3.68. The molecule has 0 N–H and O–H groups in total. The first kappa shape index (κ1) is 16.1. The van der Waals surface area contributed by atoms with Crippen molar-refractivity contribution in [1.29, 1.82) is 0 Å². The Bertz CT molecular complexity index is 894. The molecule has 3 heterocycles. The van der Waals surface area contributed by atoms with Crippen LogP contribution in [0, 0.1) is 12.7 Å². The molecule has 25 heavy (non-hydrogen) atoms. The van der Waals surface area contributed by atoms with E-state index in [-0.39, 0.29) is 5.82 Å². The van der Waals surface area contributed by atoms with Crippen molar-refractivity contribution in [2.45, 2.75) is 13.5 Å². The highest BCUT2D eigenvalue weighted by Crippen LogP contribution is 2.22. The van der Waals surface area contributed by atoms with Gasteiger partial charge in [0, 0.05) is 62.6 Å². The summed E-state index contributed by atoms with van der Waals surface area (Å²) in [5.74, 6) is 0.922. The molecule has 1 aliphatic heterocycles. The number of hydrogen-bond acceptors (Lipinski definition) is 3. The SMILES string of the molecule is Cc1cccnc1N1CCN(Cc2cc3cc(F)ccc3n2C)CC1. The van der Waals surface area contributed by atoms with E-state index >= 15 is 0 Å². The summed E-state index contributed by atoms with van der Waals surface area (Å²) in [4.78, 5) is 9.35. The van der Waals surface area contributed by atoms with Gasteiger partial charge in [-0.1, -0.05) is 6.07 Å². The monoisotopic (exact) mass is 338 g/mol. The topological polar surface area (TPSA) is 24.3 Å². The van der Waals surface area contributed by atoms with Crippen LogP contribution in [0.3, 0.4) is 0 Å². The average molecular weight is 338 g/mol. The third-order valence-corrected chi connectivity index (χ3v) is 5.14. The van der Waals surface area contributed by atoms with E-state index in [0.717, 1.165) is 49.4 Å². The number of rotatable bonds is 3. The summed E-state index contributed by atoms with van der Waals surface area (Å²) in [6.07, 6.45) is 1.86. The molecule has 1 saturated heterocycles. The molecule has 0 atom stereocenters. The van der Waals surface area contributed by atoms with E-state index in [4.69, 9.17) is 0 Å². The van der Waals surface area contributed by atoms with Gasteiger partial charge in [-0.3, -0.25) is 4.90 Å². The zero-order valence-electron chi connectivity index (χ0n) is 14.7. The van der Waals surface area contributed by atoms with Gasteiger partial charge in [-0.15, -0.1) is 0 Å². The van der Waals surface area contributed by atoms with Gasteiger partial charge in [-0.05, 0) is 42.8 Å². The van der Waals surface area contributed by atoms with E-state index < -0.39 is 0 Å². The van der Waals surface area contributed by atoms with Crippen molar-refractivity contribution in [3.05, 3.63) is 59.7 Å². The van der Waals surface area contributed by atoms with Gasteiger partial charge in [-0.25, -0.2) is 9.37 Å². The zero-order chi connectivity index (χ0) is 17.4. The molecule has 0 spiro atoms. The summed E-state index contributed by atoms with van der Waals surface area (Å²) in [6.45, 7) is 6.98. The van der Waals surface area contributed by atoms with E-state index in [2.05, 4.69) is 45.5 Å². The maximum Gasteiger partial charge on any atom is 0.131 e. The lowest BCUT2D eigenvalue weighted by atomic mass is 10.2. The molecule has 3 aromatic rings. The molecular weight excluding hydrogens is 315 g/mol. The Morgan fingerprint density at radius 2 is 1.88 bits per heavy atom. The lowest BCUT2D eigenvalue weighted by molar-refractivity contribution is 0.244. The van der Waals surface area contributed by atoms with Gasteiger partial charge in [0.2, 0.25) is 0 Å².